The molecule has 0 saturated heterocycles. The molecule has 1 aliphatic carbocycles. The minimum Gasteiger partial charge on any atom is -0.385 e. The summed E-state index contributed by atoms with van der Waals surface area (Å²) in [5.41, 5.74) is 1.65. The van der Waals surface area contributed by atoms with Crippen LogP contribution in [-0.4, -0.2) is 5.11 Å². The van der Waals surface area contributed by atoms with E-state index in [2.05, 4.69) is 13.0 Å². The van der Waals surface area contributed by atoms with Gasteiger partial charge in [0.2, 0.25) is 0 Å². The van der Waals surface area contributed by atoms with Crippen LogP contribution in [0.1, 0.15) is 37.3 Å². The van der Waals surface area contributed by atoms with Crippen molar-refractivity contribution in [1.29, 1.82) is 0 Å². The van der Waals surface area contributed by atoms with Crippen molar-refractivity contribution >= 4 is 0 Å². The third-order valence-corrected chi connectivity index (χ3v) is 3.11. The Morgan fingerprint density at radius 1 is 1.36 bits per heavy atom. The normalized spacial score (nSPS) is 20.5. The number of rotatable bonds is 3. The van der Waals surface area contributed by atoms with Gasteiger partial charge in [0.05, 0.1) is 5.60 Å². The van der Waals surface area contributed by atoms with E-state index in [0.29, 0.717) is 0 Å². The Balaban J connectivity index is 2.22. The maximum Gasteiger partial charge on any atom is 0.0873 e. The van der Waals surface area contributed by atoms with Crippen LogP contribution in [0.5, 0.6) is 0 Å². The van der Waals surface area contributed by atoms with Crippen molar-refractivity contribution in [1.82, 2.24) is 0 Å². The molecular weight excluding hydrogens is 172 g/mol. The second-order valence-electron chi connectivity index (χ2n) is 4.74. The minimum absolute atomic E-state index is 0.632. The van der Waals surface area contributed by atoms with Crippen LogP contribution >= 0.6 is 0 Å². The van der Waals surface area contributed by atoms with Crippen molar-refractivity contribution < 1.29 is 5.11 Å². The lowest BCUT2D eigenvalue weighted by atomic mass is 9.87. The summed E-state index contributed by atoms with van der Waals surface area (Å²) in [6.45, 7) is 4.00. The van der Waals surface area contributed by atoms with E-state index >= 15 is 0 Å². The maximum absolute atomic E-state index is 10.4. The van der Waals surface area contributed by atoms with E-state index in [-0.39, 0.29) is 0 Å². The molecule has 0 amide bonds. The van der Waals surface area contributed by atoms with E-state index in [9.17, 15) is 5.11 Å². The van der Waals surface area contributed by atoms with Gasteiger partial charge in [-0.25, -0.2) is 0 Å². The van der Waals surface area contributed by atoms with Gasteiger partial charge < -0.3 is 5.11 Å². The van der Waals surface area contributed by atoms with Crippen LogP contribution in [0.4, 0.5) is 0 Å². The minimum atomic E-state index is -0.632. The molecule has 0 aliphatic heterocycles. The topological polar surface area (TPSA) is 20.2 Å². The molecule has 1 N–H and O–H groups in total. The first-order valence-electron chi connectivity index (χ1n) is 5.38. The Bertz CT molecular complexity index is 324. The van der Waals surface area contributed by atoms with Crippen LogP contribution in [0, 0.1) is 12.8 Å². The summed E-state index contributed by atoms with van der Waals surface area (Å²) in [6, 6.07) is 8.13. The van der Waals surface area contributed by atoms with Crippen LogP contribution in [0.2, 0.25) is 0 Å². The van der Waals surface area contributed by atoms with Gasteiger partial charge in [-0.2, -0.15) is 0 Å². The van der Waals surface area contributed by atoms with E-state index in [0.717, 1.165) is 17.9 Å². The summed E-state index contributed by atoms with van der Waals surface area (Å²) < 4.78 is 0. The third-order valence-electron chi connectivity index (χ3n) is 3.11. The Kier molecular flexibility index (Phi) is 2.36. The van der Waals surface area contributed by atoms with Crippen molar-refractivity contribution in [2.45, 2.75) is 38.7 Å². The molecule has 1 heteroatoms. The van der Waals surface area contributed by atoms with Crippen LogP contribution in [0.25, 0.3) is 0 Å². The lowest BCUT2D eigenvalue weighted by Gasteiger charge is -2.25. The second kappa shape index (κ2) is 3.39. The van der Waals surface area contributed by atoms with Gasteiger partial charge >= 0.3 is 0 Å². The summed E-state index contributed by atoms with van der Waals surface area (Å²) in [4.78, 5) is 0. The smallest absolute Gasteiger partial charge is 0.0873 e. The van der Waals surface area contributed by atoms with Gasteiger partial charge in [0.1, 0.15) is 0 Å². The molecule has 0 aromatic heterocycles. The van der Waals surface area contributed by atoms with Crippen LogP contribution in [-0.2, 0) is 5.60 Å². The molecule has 76 valence electrons. The average Bonchev–Trinajstić information content (AvgIpc) is 2.88. The molecular formula is C13H18O. The highest BCUT2D eigenvalue weighted by Crippen LogP contribution is 2.41. The molecule has 0 radical (unpaired) electrons. The zero-order valence-corrected chi connectivity index (χ0v) is 8.96. The highest BCUT2D eigenvalue weighted by Gasteiger charge is 2.33. The predicted octanol–water partition coefficient (Wildman–Crippen LogP) is 3.00. The van der Waals surface area contributed by atoms with Crippen LogP contribution in [0.3, 0.4) is 0 Å². The lowest BCUT2D eigenvalue weighted by molar-refractivity contribution is 0.0411. The van der Waals surface area contributed by atoms with Crippen molar-refractivity contribution in [2.75, 3.05) is 0 Å². The molecule has 1 aromatic carbocycles. The molecule has 14 heavy (non-hydrogen) atoms. The fraction of sp³-hybridized carbons (Fsp3) is 0.538. The van der Waals surface area contributed by atoms with Crippen molar-refractivity contribution in [3.05, 3.63) is 35.4 Å². The van der Waals surface area contributed by atoms with Gasteiger partial charge in [0.25, 0.3) is 0 Å². The number of benzene rings is 1. The molecule has 0 bridgehead atoms. The number of hydrogen-bond acceptors (Lipinski definition) is 1. The zero-order valence-electron chi connectivity index (χ0n) is 8.96. The summed E-state index contributed by atoms with van der Waals surface area (Å²) >= 11 is 0. The molecule has 1 aromatic rings. The molecule has 1 aliphatic rings. The zero-order chi connectivity index (χ0) is 10.2. The van der Waals surface area contributed by atoms with Crippen LogP contribution in [0.15, 0.2) is 24.3 Å². The van der Waals surface area contributed by atoms with Crippen molar-refractivity contribution in [3.63, 3.8) is 0 Å². The molecule has 0 heterocycles. The third kappa shape index (κ3) is 1.98. The predicted molar refractivity (Wildman–Crippen MR) is 58.1 cm³/mol. The summed E-state index contributed by atoms with van der Waals surface area (Å²) in [5, 5.41) is 10.4. The van der Waals surface area contributed by atoms with E-state index in [1.54, 1.807) is 0 Å². The maximum atomic E-state index is 10.4. The molecule has 2 rings (SSSR count). The molecule has 1 unspecified atom stereocenters. The second-order valence-corrected chi connectivity index (χ2v) is 4.74. The monoisotopic (exact) mass is 190 g/mol. The first-order chi connectivity index (χ1) is 6.59. The first-order valence-corrected chi connectivity index (χ1v) is 5.38. The standard InChI is InChI=1S/C13H18O/c1-10-5-3-4-6-12(10)13(2,14)9-11-7-8-11/h3-6,11,14H,7-9H2,1-2H3. The Morgan fingerprint density at radius 3 is 2.57 bits per heavy atom. The lowest BCUT2D eigenvalue weighted by Crippen LogP contribution is -2.22. The molecule has 1 nitrogen and oxygen atoms in total. The molecule has 0 spiro atoms. The van der Waals surface area contributed by atoms with Crippen molar-refractivity contribution in [2.24, 2.45) is 5.92 Å². The van der Waals surface area contributed by atoms with Gasteiger partial charge in [0.15, 0.2) is 0 Å². The van der Waals surface area contributed by atoms with Gasteiger partial charge in [-0.05, 0) is 37.3 Å². The van der Waals surface area contributed by atoms with Gasteiger partial charge in [-0.1, -0.05) is 37.1 Å². The first kappa shape index (κ1) is 9.72. The summed E-state index contributed by atoms with van der Waals surface area (Å²) in [6.07, 6.45) is 3.50. The van der Waals surface area contributed by atoms with E-state index in [1.807, 2.05) is 25.1 Å². The highest BCUT2D eigenvalue weighted by molar-refractivity contribution is 5.30. The van der Waals surface area contributed by atoms with Crippen molar-refractivity contribution in [3.8, 4) is 0 Å². The number of hydrogen-bond donors (Lipinski definition) is 1. The van der Waals surface area contributed by atoms with Gasteiger partial charge in [-0.15, -0.1) is 0 Å². The van der Waals surface area contributed by atoms with Gasteiger partial charge in [0, 0.05) is 0 Å². The summed E-state index contributed by atoms with van der Waals surface area (Å²) in [5.74, 6) is 0.754. The SMILES string of the molecule is Cc1ccccc1C(C)(O)CC1CC1. The fourth-order valence-electron chi connectivity index (χ4n) is 2.17. The molecule has 1 atom stereocenters. The average molecular weight is 190 g/mol. The molecule has 1 saturated carbocycles. The summed E-state index contributed by atoms with van der Waals surface area (Å²) in [7, 11) is 0. The quantitative estimate of drug-likeness (QED) is 0.776. The number of aliphatic hydroxyl groups is 1. The Hall–Kier alpha value is -0.820. The highest BCUT2D eigenvalue weighted by atomic mass is 16.3. The largest absolute Gasteiger partial charge is 0.385 e. The Morgan fingerprint density at radius 2 is 2.00 bits per heavy atom. The van der Waals surface area contributed by atoms with E-state index in [1.165, 1.54) is 18.4 Å². The van der Waals surface area contributed by atoms with E-state index in [4.69, 9.17) is 0 Å². The Labute approximate surface area is 85.8 Å². The van der Waals surface area contributed by atoms with E-state index < -0.39 is 5.60 Å². The van der Waals surface area contributed by atoms with Crippen LogP contribution < -0.4 is 0 Å². The number of aryl methyl sites for hydroxylation is 1. The fourth-order valence-corrected chi connectivity index (χ4v) is 2.17. The molecule has 1 fully saturated rings. The van der Waals surface area contributed by atoms with Gasteiger partial charge in [-0.3, -0.25) is 0 Å².